The first-order valence-corrected chi connectivity index (χ1v) is 5.09. The topological polar surface area (TPSA) is 23.4 Å². The number of nitrogens with zero attached hydrogens (tertiary/aromatic N) is 1. The van der Waals surface area contributed by atoms with Crippen molar-refractivity contribution in [3.05, 3.63) is 36.7 Å². The Balaban J connectivity index is 2.56. The first-order chi connectivity index (χ1) is 7.76. The van der Waals surface area contributed by atoms with Crippen molar-refractivity contribution in [3.63, 3.8) is 0 Å². The van der Waals surface area contributed by atoms with Gasteiger partial charge in [-0.15, -0.1) is 0 Å². The standard InChI is InChI=1S/C13H15NO2/c1-14-8-7-10(9-14)11-5-4-6-12(15-2)13(11)16-3/h4-9H,1-3H3. The molecule has 2 rings (SSSR count). The van der Waals surface area contributed by atoms with Gasteiger partial charge in [-0.2, -0.15) is 0 Å². The third-order valence-electron chi connectivity index (χ3n) is 2.55. The largest absolute Gasteiger partial charge is 0.493 e. The van der Waals surface area contributed by atoms with Crippen molar-refractivity contribution in [2.24, 2.45) is 7.05 Å². The molecule has 1 aromatic heterocycles. The number of aryl methyl sites for hydroxylation is 1. The van der Waals surface area contributed by atoms with Gasteiger partial charge in [-0.3, -0.25) is 0 Å². The lowest BCUT2D eigenvalue weighted by atomic mass is 10.1. The van der Waals surface area contributed by atoms with E-state index in [1.807, 2.05) is 36.0 Å². The molecule has 0 N–H and O–H groups in total. The summed E-state index contributed by atoms with van der Waals surface area (Å²) in [6.45, 7) is 0. The molecule has 0 aliphatic carbocycles. The van der Waals surface area contributed by atoms with Gasteiger partial charge in [-0.25, -0.2) is 0 Å². The van der Waals surface area contributed by atoms with Gasteiger partial charge in [0.2, 0.25) is 0 Å². The Morgan fingerprint density at radius 2 is 1.88 bits per heavy atom. The Kier molecular flexibility index (Phi) is 2.86. The van der Waals surface area contributed by atoms with E-state index in [1.54, 1.807) is 14.2 Å². The van der Waals surface area contributed by atoms with Crippen LogP contribution in [0, 0.1) is 0 Å². The zero-order chi connectivity index (χ0) is 11.5. The molecule has 0 amide bonds. The third-order valence-corrected chi connectivity index (χ3v) is 2.55. The fourth-order valence-electron chi connectivity index (χ4n) is 1.78. The molecular weight excluding hydrogens is 202 g/mol. The summed E-state index contributed by atoms with van der Waals surface area (Å²) in [5, 5.41) is 0. The average molecular weight is 217 g/mol. The predicted molar refractivity (Wildman–Crippen MR) is 64.0 cm³/mol. The van der Waals surface area contributed by atoms with Crippen molar-refractivity contribution in [1.82, 2.24) is 4.57 Å². The molecule has 0 fully saturated rings. The van der Waals surface area contributed by atoms with E-state index in [9.17, 15) is 0 Å². The molecule has 16 heavy (non-hydrogen) atoms. The Morgan fingerprint density at radius 3 is 2.44 bits per heavy atom. The number of para-hydroxylation sites is 1. The molecule has 0 atom stereocenters. The number of hydrogen-bond acceptors (Lipinski definition) is 2. The number of benzene rings is 1. The Labute approximate surface area is 95.2 Å². The molecule has 3 heteroatoms. The summed E-state index contributed by atoms with van der Waals surface area (Å²) in [6.07, 6.45) is 4.06. The summed E-state index contributed by atoms with van der Waals surface area (Å²) < 4.78 is 12.7. The van der Waals surface area contributed by atoms with Crippen LogP contribution in [0.2, 0.25) is 0 Å². The lowest BCUT2D eigenvalue weighted by molar-refractivity contribution is 0.356. The highest BCUT2D eigenvalue weighted by Gasteiger charge is 2.11. The van der Waals surface area contributed by atoms with Crippen molar-refractivity contribution < 1.29 is 9.47 Å². The normalized spacial score (nSPS) is 10.2. The minimum absolute atomic E-state index is 0.754. The van der Waals surface area contributed by atoms with Gasteiger partial charge >= 0.3 is 0 Å². The fourth-order valence-corrected chi connectivity index (χ4v) is 1.78. The second-order valence-corrected chi connectivity index (χ2v) is 3.61. The van der Waals surface area contributed by atoms with Crippen LogP contribution in [0.3, 0.4) is 0 Å². The minimum Gasteiger partial charge on any atom is -0.493 e. The second-order valence-electron chi connectivity index (χ2n) is 3.61. The van der Waals surface area contributed by atoms with Crippen LogP contribution in [0.5, 0.6) is 11.5 Å². The smallest absolute Gasteiger partial charge is 0.168 e. The van der Waals surface area contributed by atoms with E-state index in [-0.39, 0.29) is 0 Å². The number of hydrogen-bond donors (Lipinski definition) is 0. The molecule has 0 bridgehead atoms. The van der Waals surface area contributed by atoms with Crippen LogP contribution in [-0.2, 0) is 7.05 Å². The second kappa shape index (κ2) is 4.31. The molecular formula is C13H15NO2. The molecule has 1 aromatic carbocycles. The van der Waals surface area contributed by atoms with E-state index in [0.717, 1.165) is 22.6 Å². The Bertz CT molecular complexity index is 488. The van der Waals surface area contributed by atoms with Gasteiger partial charge in [0.05, 0.1) is 14.2 Å². The van der Waals surface area contributed by atoms with E-state index in [0.29, 0.717) is 0 Å². The maximum absolute atomic E-state index is 5.40. The first kappa shape index (κ1) is 10.6. The maximum atomic E-state index is 5.40. The number of ether oxygens (including phenoxy) is 2. The molecule has 0 aliphatic rings. The van der Waals surface area contributed by atoms with E-state index in [4.69, 9.17) is 9.47 Å². The van der Waals surface area contributed by atoms with Crippen LogP contribution >= 0.6 is 0 Å². The van der Waals surface area contributed by atoms with Crippen molar-refractivity contribution in [2.45, 2.75) is 0 Å². The van der Waals surface area contributed by atoms with Crippen LogP contribution in [0.1, 0.15) is 0 Å². The van der Waals surface area contributed by atoms with E-state index in [2.05, 4.69) is 12.3 Å². The summed E-state index contributed by atoms with van der Waals surface area (Å²) in [5.41, 5.74) is 2.17. The molecule has 84 valence electrons. The first-order valence-electron chi connectivity index (χ1n) is 5.09. The lowest BCUT2D eigenvalue weighted by Gasteiger charge is -2.11. The number of aromatic nitrogens is 1. The zero-order valence-electron chi connectivity index (χ0n) is 9.73. The molecule has 0 aliphatic heterocycles. The quantitative estimate of drug-likeness (QED) is 0.789. The summed E-state index contributed by atoms with van der Waals surface area (Å²) in [4.78, 5) is 0. The van der Waals surface area contributed by atoms with Gasteiger partial charge in [0, 0.05) is 30.6 Å². The molecule has 2 aromatic rings. The maximum Gasteiger partial charge on any atom is 0.168 e. The Hall–Kier alpha value is -1.90. The van der Waals surface area contributed by atoms with Crippen molar-refractivity contribution in [2.75, 3.05) is 14.2 Å². The molecule has 0 spiro atoms. The highest BCUT2D eigenvalue weighted by Crippen LogP contribution is 2.37. The number of methoxy groups -OCH3 is 2. The van der Waals surface area contributed by atoms with Crippen molar-refractivity contribution in [3.8, 4) is 22.6 Å². The van der Waals surface area contributed by atoms with Crippen molar-refractivity contribution >= 4 is 0 Å². The van der Waals surface area contributed by atoms with Gasteiger partial charge in [0.1, 0.15) is 0 Å². The monoisotopic (exact) mass is 217 g/mol. The van der Waals surface area contributed by atoms with E-state index < -0.39 is 0 Å². The van der Waals surface area contributed by atoms with E-state index >= 15 is 0 Å². The van der Waals surface area contributed by atoms with Gasteiger partial charge in [0.25, 0.3) is 0 Å². The summed E-state index contributed by atoms with van der Waals surface area (Å²) in [7, 11) is 5.30. The van der Waals surface area contributed by atoms with Crippen LogP contribution in [-0.4, -0.2) is 18.8 Å². The van der Waals surface area contributed by atoms with Gasteiger partial charge in [-0.05, 0) is 12.1 Å². The zero-order valence-corrected chi connectivity index (χ0v) is 9.73. The summed E-state index contributed by atoms with van der Waals surface area (Å²) >= 11 is 0. The average Bonchev–Trinajstić information content (AvgIpc) is 2.74. The highest BCUT2D eigenvalue weighted by molar-refractivity contribution is 5.73. The lowest BCUT2D eigenvalue weighted by Crippen LogP contribution is -1.92. The molecule has 0 radical (unpaired) electrons. The SMILES string of the molecule is COc1cccc(-c2ccn(C)c2)c1OC. The van der Waals surface area contributed by atoms with Crippen molar-refractivity contribution in [1.29, 1.82) is 0 Å². The Morgan fingerprint density at radius 1 is 1.06 bits per heavy atom. The molecule has 3 nitrogen and oxygen atoms in total. The van der Waals surface area contributed by atoms with Crippen LogP contribution < -0.4 is 9.47 Å². The number of rotatable bonds is 3. The van der Waals surface area contributed by atoms with Gasteiger partial charge in [0.15, 0.2) is 11.5 Å². The van der Waals surface area contributed by atoms with Crippen LogP contribution in [0.4, 0.5) is 0 Å². The van der Waals surface area contributed by atoms with Crippen LogP contribution in [0.15, 0.2) is 36.7 Å². The summed E-state index contributed by atoms with van der Waals surface area (Å²) in [6, 6.07) is 7.93. The van der Waals surface area contributed by atoms with Gasteiger partial charge in [-0.1, -0.05) is 12.1 Å². The molecule has 0 saturated carbocycles. The third kappa shape index (κ3) is 1.76. The van der Waals surface area contributed by atoms with Crippen LogP contribution in [0.25, 0.3) is 11.1 Å². The highest BCUT2D eigenvalue weighted by atomic mass is 16.5. The fraction of sp³-hybridized carbons (Fsp3) is 0.231. The molecule has 0 saturated heterocycles. The predicted octanol–water partition coefficient (Wildman–Crippen LogP) is 2.71. The van der Waals surface area contributed by atoms with E-state index in [1.165, 1.54) is 0 Å². The minimum atomic E-state index is 0.754. The molecule has 0 unspecified atom stereocenters. The van der Waals surface area contributed by atoms with Gasteiger partial charge < -0.3 is 14.0 Å². The molecule has 1 heterocycles. The summed E-state index contributed by atoms with van der Waals surface area (Å²) in [5.74, 6) is 1.53.